The highest BCUT2D eigenvalue weighted by Gasteiger charge is 2.75. The van der Waals surface area contributed by atoms with Gasteiger partial charge in [-0.3, -0.25) is 19.4 Å². The molecule has 3 fully saturated rings. The third-order valence-electron chi connectivity index (χ3n) is 18.0. The van der Waals surface area contributed by atoms with Crippen molar-refractivity contribution in [2.24, 2.45) is 33.2 Å². The lowest BCUT2D eigenvalue weighted by atomic mass is 9.52. The molecule has 6 heterocycles. The number of fused-ring (bicyclic) bond motifs is 6. The quantitative estimate of drug-likeness (QED) is 0.0197. The zero-order valence-corrected chi connectivity index (χ0v) is 59.9. The Balaban J connectivity index is -0.0000000910. The monoisotopic (exact) mass is 1510 g/mol. The van der Waals surface area contributed by atoms with Crippen molar-refractivity contribution in [3.05, 3.63) is 70.4 Å². The van der Waals surface area contributed by atoms with Gasteiger partial charge in [0.15, 0.2) is 5.60 Å². The normalized spacial score (nSPS) is 21.6. The van der Waals surface area contributed by atoms with Crippen molar-refractivity contribution in [3.8, 4) is 255 Å². The van der Waals surface area contributed by atoms with Gasteiger partial charge in [0.25, 0.3) is 5.91 Å². The van der Waals surface area contributed by atoms with Crippen molar-refractivity contribution in [1.29, 1.82) is 5.53 Å². The van der Waals surface area contributed by atoms with Crippen LogP contribution in [-0.2, 0) is 56.7 Å². The van der Waals surface area contributed by atoms with Gasteiger partial charge in [-0.05, 0) is 211 Å². The Morgan fingerprint density at radius 1 is 0.718 bits per heavy atom. The number of esters is 1. The summed E-state index contributed by atoms with van der Waals surface area (Å²) < 4.78 is 12.2. The van der Waals surface area contributed by atoms with Gasteiger partial charge in [0.05, 0.1) is 31.2 Å². The molecule has 2 bridgehead atoms. The summed E-state index contributed by atoms with van der Waals surface area (Å²) in [6.07, 6.45) is 9.05. The van der Waals surface area contributed by atoms with E-state index >= 15 is 4.79 Å². The second-order valence-corrected chi connectivity index (χ2v) is 23.5. The number of amides is 1. The Kier molecular flexibility index (Phi) is 32.0. The number of hydrogen-bond donors (Lipinski definition) is 8. The van der Waals surface area contributed by atoms with E-state index in [-0.39, 0.29) is 53.0 Å². The maximum Gasteiger partial charge on any atom is 0.322 e. The van der Waals surface area contributed by atoms with Crippen LogP contribution in [0.4, 0.5) is 5.69 Å². The molecule has 1 aromatic heterocycles. The number of aliphatic hydroxyl groups excluding tert-OH is 1. The van der Waals surface area contributed by atoms with Crippen molar-refractivity contribution >= 4 is 28.5 Å². The molecule has 1 spiro atoms. The largest absolute Gasteiger partial charge is 0.496 e. The summed E-state index contributed by atoms with van der Waals surface area (Å²) in [6, 6.07) is 11.1. The number of primary amides is 1. The van der Waals surface area contributed by atoms with E-state index in [1.165, 1.54) is 7.11 Å². The molecule has 24 heteroatoms. The first-order chi connectivity index (χ1) is 53.6. The van der Waals surface area contributed by atoms with Crippen LogP contribution in [0.1, 0.15) is 111 Å². The van der Waals surface area contributed by atoms with Crippen molar-refractivity contribution in [1.82, 2.24) is 20.1 Å². The summed E-state index contributed by atoms with van der Waals surface area (Å²) in [5.74, 6) is 100. The summed E-state index contributed by atoms with van der Waals surface area (Å²) in [4.78, 5) is 46.5. The highest BCUT2D eigenvalue weighted by atomic mass is 17.7. The Morgan fingerprint density at radius 2 is 1.24 bits per heavy atom. The number of aromatic amines is 1. The molecule has 6 aliphatic rings. The number of ether oxygens (including phenoxy) is 2. The van der Waals surface area contributed by atoms with Gasteiger partial charge in [0, 0.05) is 267 Å². The first-order valence-corrected chi connectivity index (χ1v) is 32.9. The standard InChI is InChI=1S/C43H55N5O7.C43H4.H3N5O7.25H2/c1-6-25-12-16-48-17-14-41-28-18-29(32(54-4)19-31(28)46(3)37(41)43(53,38(44)50)36(49)33(25)35(41)48)42(39(51)55-5)21-24-20-40(52,7-2)23-47(22-24)15-13-27-26-10-8-9-11-30(26)45-34(27)42;1-3-5-7-9-11-13-15-17-19-21-23-25-27-29-31-33-35-37-39-41-43-42-40-38-36-34-32-30-28-26-24-22-20-18-16-14-12-10-8-6-4-2;1-2-3-4-5(8-10-6)9-12-11-7;;;;;;;;;;;;;;;;;;;;;;;;;/h8-12,18-19,24,33,35-37,45,49,52-53H,6-7,13-17,20-23H2,1-5H3,(H2,44,50);1H,2H3;1,6-7H;25*1H/b;;2-1?,4-3+;;;;;;;;;;;;;;;;;;;;;;;;;/t24-,33?,35+,36-,37-,40+,41-,42+,43-;;;;;;;;;;;;;;;;;;;;;;;;;;;/m1.........................../s1. The van der Waals surface area contributed by atoms with Gasteiger partial charge in [-0.25, -0.2) is 10.5 Å². The van der Waals surface area contributed by atoms with Crippen LogP contribution in [0, 0.1) is 267 Å². The molecular formula is C86H112N10O14. The molecule has 9 rings (SSSR count). The minimum Gasteiger partial charge on any atom is -0.496 e. The minimum atomic E-state index is -2.28. The minimum absolute atomic E-state index is 0. The van der Waals surface area contributed by atoms with Gasteiger partial charge in [-0.15, -0.1) is 6.42 Å². The Morgan fingerprint density at radius 3 is 1.69 bits per heavy atom. The fraction of sp³-hybridized carbons (Fsp3) is 0.302. The summed E-state index contributed by atoms with van der Waals surface area (Å²) in [7, 11) is 4.90. The number of hydrogen-bond acceptors (Lipinski definition) is 19. The van der Waals surface area contributed by atoms with Crippen molar-refractivity contribution in [2.75, 3.05) is 58.9 Å². The molecule has 2 unspecified atom stereocenters. The summed E-state index contributed by atoms with van der Waals surface area (Å²) >= 11 is 0. The summed E-state index contributed by atoms with van der Waals surface area (Å²) in [5, 5.41) is 69.9. The lowest BCUT2D eigenvalue weighted by Gasteiger charge is -2.59. The van der Waals surface area contributed by atoms with Crippen LogP contribution < -0.4 is 15.4 Å². The molecule has 2 aromatic carbocycles. The molecule has 5 aliphatic heterocycles. The third kappa shape index (κ3) is 20.5. The number of nitrogens with one attached hydrogen (secondary N) is 2. The average molecular weight is 1510 g/mol. The van der Waals surface area contributed by atoms with E-state index < -0.39 is 52.0 Å². The predicted octanol–water partition coefficient (Wildman–Crippen LogP) is 9.80. The number of H-pyrrole nitrogens is 1. The second kappa shape index (κ2) is 42.5. The SMILES string of the molecule is C#CC#CC#CC#CC#CC#CC#CC#CC#CC#CC#CC#CC#CC#CC#CC#CC#CC#CC#CC#CC#CC.CCC1=CCN2CC[C@]34c5cc([C@@]6(C(=O)OC)C[C@@H]7CN(CCc8c6[nH]c6ccccc86)C[C@](O)(CC)C7)c(OC)cc5N(C)[C@H]3[C@@](O)(C(N)=O)[C@H](O)C1[C@H]24.N=N/N=N/N(OOO)OOOO.[HH].[HH].[HH].[HH].[HH].[HH].[HH].[HH].[HH].[HH].[HH].[HH].[HH].[HH].[HH].[HH].[HH].[HH].[HH].[HH].[HH].[HH].[HH].[HH].[HH]. The van der Waals surface area contributed by atoms with E-state index in [2.05, 4.69) is 316 Å². The van der Waals surface area contributed by atoms with Crippen LogP contribution in [0.5, 0.6) is 5.75 Å². The maximum absolute atomic E-state index is 15.2. The molecule has 9 N–H and O–H groups in total. The number of rotatable bonds is 13. The molecule has 3 aromatic rings. The molecule has 2 saturated heterocycles. The number of carbonyl (C=O) groups excluding carboxylic acids is 2. The fourth-order valence-corrected chi connectivity index (χ4v) is 14.2. The van der Waals surface area contributed by atoms with E-state index in [0.717, 1.165) is 52.1 Å². The molecule has 590 valence electrons. The topological polar surface area (TPSA) is 316 Å². The van der Waals surface area contributed by atoms with Gasteiger partial charge in [-0.1, -0.05) is 49.6 Å². The molecule has 24 nitrogen and oxygen atoms in total. The van der Waals surface area contributed by atoms with Crippen molar-refractivity contribution < 1.29 is 106 Å². The Hall–Kier alpha value is -14.5. The van der Waals surface area contributed by atoms with Crippen molar-refractivity contribution in [3.63, 3.8) is 0 Å². The first kappa shape index (κ1) is 82.8. The molecule has 1 amide bonds. The van der Waals surface area contributed by atoms with Crippen LogP contribution in [0.2, 0.25) is 0 Å². The van der Waals surface area contributed by atoms with Crippen LogP contribution >= 0.6 is 0 Å². The summed E-state index contributed by atoms with van der Waals surface area (Å²) in [6.45, 7) is 9.17. The van der Waals surface area contributed by atoms with E-state index in [1.54, 1.807) is 14.0 Å². The van der Waals surface area contributed by atoms with Gasteiger partial charge < -0.3 is 40.4 Å². The number of para-hydroxylation sites is 1. The molecule has 1 aliphatic carbocycles. The van der Waals surface area contributed by atoms with E-state index in [0.29, 0.717) is 69.5 Å². The smallest absolute Gasteiger partial charge is 0.322 e. The Bertz CT molecular complexity index is 5740. The third-order valence-corrected chi connectivity index (χ3v) is 18.0. The molecular weight excluding hydrogens is 1400 g/mol. The van der Waals surface area contributed by atoms with E-state index in [9.17, 15) is 20.1 Å². The molecule has 110 heavy (non-hydrogen) atoms. The number of aromatic nitrogens is 1. The predicted molar refractivity (Wildman–Crippen MR) is 453 cm³/mol. The van der Waals surface area contributed by atoms with Gasteiger partial charge in [-0.2, -0.15) is 5.53 Å². The number of terminal acetylenes is 1. The molecule has 0 radical (unpaired) electrons. The lowest BCUT2D eigenvalue weighted by molar-refractivity contribution is -0.741. The number of nitrogens with two attached hydrogens (primary N) is 1. The number of likely N-dealkylation sites (N-methyl/N-ethyl adjacent to an activating group) is 1. The van der Waals surface area contributed by atoms with E-state index in [1.807, 2.05) is 50.1 Å². The summed E-state index contributed by atoms with van der Waals surface area (Å²) in [5.41, 5.74) is 12.9. The highest BCUT2D eigenvalue weighted by Crippen LogP contribution is 2.65. The maximum atomic E-state index is 15.2. The number of aliphatic hydroxyl groups is 3. The van der Waals surface area contributed by atoms with Crippen LogP contribution in [0.15, 0.2) is 63.7 Å². The fourth-order valence-electron chi connectivity index (χ4n) is 14.2. The highest BCUT2D eigenvalue weighted by molar-refractivity contribution is 5.95. The second-order valence-electron chi connectivity index (χ2n) is 23.5. The zero-order chi connectivity index (χ0) is 79.0. The van der Waals surface area contributed by atoms with Crippen LogP contribution in [0.25, 0.3) is 10.9 Å². The van der Waals surface area contributed by atoms with Gasteiger partial charge in [0.2, 0.25) is 0 Å². The molecule has 10 atom stereocenters. The van der Waals surface area contributed by atoms with Gasteiger partial charge >= 0.3 is 5.97 Å². The number of anilines is 1. The van der Waals surface area contributed by atoms with Gasteiger partial charge in [0.1, 0.15) is 17.3 Å². The number of piperidine rings is 1. The zero-order valence-electron chi connectivity index (χ0n) is 59.9. The number of methoxy groups -OCH3 is 2. The first-order valence-electron chi connectivity index (χ1n) is 32.9. The van der Waals surface area contributed by atoms with Crippen molar-refractivity contribution in [2.45, 2.75) is 99.5 Å². The van der Waals surface area contributed by atoms with E-state index in [4.69, 9.17) is 37.7 Å². The number of benzene rings is 2. The lowest BCUT2D eigenvalue weighted by Crippen LogP contribution is -2.78. The number of nitrogens with zero attached hydrogens (tertiary/aromatic N) is 7. The number of carbonyl (C=O) groups is 2. The van der Waals surface area contributed by atoms with Crippen LogP contribution in [-0.4, -0.2) is 141 Å². The molecule has 1 saturated carbocycles. The Labute approximate surface area is 675 Å². The van der Waals surface area contributed by atoms with Crippen LogP contribution in [0.3, 0.4) is 0 Å². The average Bonchev–Trinajstić information content (AvgIpc) is 1.49.